The van der Waals surface area contributed by atoms with Crippen molar-refractivity contribution in [3.8, 4) is 5.82 Å². The topological polar surface area (TPSA) is 56.7 Å². The molecule has 2 aromatic heterocycles. The van der Waals surface area contributed by atoms with E-state index in [2.05, 4.69) is 9.97 Å². The molecule has 0 radical (unpaired) electrons. The Labute approximate surface area is 99.1 Å². The van der Waals surface area contributed by atoms with Crippen molar-refractivity contribution in [1.82, 2.24) is 14.5 Å². The molecule has 0 aromatic carbocycles. The zero-order chi connectivity index (χ0) is 11.7. The number of halogens is 1. The number of pyridine rings is 1. The molecule has 0 aliphatic carbocycles. The maximum Gasteiger partial charge on any atom is 0.138 e. The summed E-state index contributed by atoms with van der Waals surface area (Å²) in [6.07, 6.45) is 3.37. The number of hydrogen-bond donors (Lipinski definition) is 1. The van der Waals surface area contributed by atoms with Gasteiger partial charge in [-0.15, -0.1) is 0 Å². The third-order valence-electron chi connectivity index (χ3n) is 2.64. The molecule has 4 nitrogen and oxygen atoms in total. The summed E-state index contributed by atoms with van der Waals surface area (Å²) in [6, 6.07) is 1.89. The van der Waals surface area contributed by atoms with E-state index in [4.69, 9.17) is 17.3 Å². The first-order valence-electron chi connectivity index (χ1n) is 4.99. The highest BCUT2D eigenvalue weighted by Gasteiger charge is 2.07. The fourth-order valence-electron chi connectivity index (χ4n) is 1.49. The third-order valence-corrected chi connectivity index (χ3v) is 2.98. The van der Waals surface area contributed by atoms with Gasteiger partial charge in [-0.3, -0.25) is 4.57 Å². The highest BCUT2D eigenvalue weighted by Crippen LogP contribution is 2.18. The second-order valence-electron chi connectivity index (χ2n) is 3.62. The molecule has 2 N–H and O–H groups in total. The van der Waals surface area contributed by atoms with Crippen molar-refractivity contribution in [3.05, 3.63) is 40.6 Å². The van der Waals surface area contributed by atoms with E-state index in [1.165, 1.54) is 0 Å². The molecule has 2 rings (SSSR count). The summed E-state index contributed by atoms with van der Waals surface area (Å²) in [5.41, 5.74) is 8.55. The van der Waals surface area contributed by atoms with Gasteiger partial charge in [0.2, 0.25) is 0 Å². The van der Waals surface area contributed by atoms with Crippen molar-refractivity contribution >= 4 is 11.6 Å². The largest absolute Gasteiger partial charge is 0.326 e. The summed E-state index contributed by atoms with van der Waals surface area (Å²) in [4.78, 5) is 8.50. The Morgan fingerprint density at radius 2 is 2.12 bits per heavy atom. The van der Waals surface area contributed by atoms with Crippen LogP contribution in [-0.4, -0.2) is 14.5 Å². The van der Waals surface area contributed by atoms with Gasteiger partial charge in [0, 0.05) is 18.4 Å². The number of imidazole rings is 1. The molecule has 2 aromatic rings. The van der Waals surface area contributed by atoms with Crippen molar-refractivity contribution in [1.29, 1.82) is 0 Å². The van der Waals surface area contributed by atoms with Crippen molar-refractivity contribution in [2.24, 2.45) is 5.73 Å². The van der Waals surface area contributed by atoms with Crippen LogP contribution in [0.2, 0.25) is 5.02 Å². The van der Waals surface area contributed by atoms with Gasteiger partial charge in [0.05, 0.1) is 10.7 Å². The van der Waals surface area contributed by atoms with Gasteiger partial charge in [-0.2, -0.15) is 0 Å². The van der Waals surface area contributed by atoms with E-state index in [-0.39, 0.29) is 0 Å². The van der Waals surface area contributed by atoms with Crippen molar-refractivity contribution < 1.29 is 0 Å². The number of aromatic nitrogens is 3. The van der Waals surface area contributed by atoms with Crippen LogP contribution in [-0.2, 0) is 6.54 Å². The Hall–Kier alpha value is -1.39. The number of hydrogen-bond acceptors (Lipinski definition) is 3. The minimum Gasteiger partial charge on any atom is -0.326 e. The standard InChI is InChI=1S/C11H13ClN4/c1-7-8(2)16(6-15-7)11-3-9(4-13)10(12)5-14-11/h3,5-6H,4,13H2,1-2H3. The molecule has 2 heterocycles. The predicted octanol–water partition coefficient (Wildman–Crippen LogP) is 2.00. The lowest BCUT2D eigenvalue weighted by atomic mass is 10.2. The van der Waals surface area contributed by atoms with E-state index in [1.54, 1.807) is 12.5 Å². The van der Waals surface area contributed by atoms with Crippen LogP contribution in [0.3, 0.4) is 0 Å². The van der Waals surface area contributed by atoms with Crippen LogP contribution >= 0.6 is 11.6 Å². The highest BCUT2D eigenvalue weighted by atomic mass is 35.5. The second kappa shape index (κ2) is 4.23. The zero-order valence-corrected chi connectivity index (χ0v) is 9.99. The van der Waals surface area contributed by atoms with Crippen molar-refractivity contribution in [2.75, 3.05) is 0 Å². The summed E-state index contributed by atoms with van der Waals surface area (Å²) in [5, 5.41) is 0.598. The number of nitrogens with zero attached hydrogens (tertiary/aromatic N) is 3. The minimum atomic E-state index is 0.404. The fourth-order valence-corrected chi connectivity index (χ4v) is 1.67. The van der Waals surface area contributed by atoms with Gasteiger partial charge >= 0.3 is 0 Å². The Morgan fingerprint density at radius 1 is 1.38 bits per heavy atom. The SMILES string of the molecule is Cc1ncn(-c2cc(CN)c(Cl)cn2)c1C. The van der Waals surface area contributed by atoms with Crippen LogP contribution < -0.4 is 5.73 Å². The zero-order valence-electron chi connectivity index (χ0n) is 9.24. The van der Waals surface area contributed by atoms with Crippen molar-refractivity contribution in [2.45, 2.75) is 20.4 Å². The number of rotatable bonds is 2. The Balaban J connectivity index is 2.52. The highest BCUT2D eigenvalue weighted by molar-refractivity contribution is 6.31. The van der Waals surface area contributed by atoms with E-state index in [0.29, 0.717) is 11.6 Å². The molecule has 0 saturated heterocycles. The lowest BCUT2D eigenvalue weighted by Crippen LogP contribution is -2.03. The Kier molecular flexibility index (Phi) is 2.94. The molecule has 16 heavy (non-hydrogen) atoms. The summed E-state index contributed by atoms with van der Waals surface area (Å²) >= 11 is 5.96. The molecule has 0 spiro atoms. The van der Waals surface area contributed by atoms with Crippen LogP contribution in [0.5, 0.6) is 0 Å². The maximum atomic E-state index is 5.96. The van der Waals surface area contributed by atoms with Crippen LogP contribution in [0.15, 0.2) is 18.6 Å². The molecule has 0 atom stereocenters. The van der Waals surface area contributed by atoms with Gasteiger partial charge in [0.25, 0.3) is 0 Å². The van der Waals surface area contributed by atoms with E-state index in [0.717, 1.165) is 22.8 Å². The van der Waals surface area contributed by atoms with Crippen LogP contribution in [0.25, 0.3) is 5.82 Å². The molecule has 0 fully saturated rings. The lowest BCUT2D eigenvalue weighted by Gasteiger charge is -2.07. The molecular formula is C11H13ClN4. The summed E-state index contributed by atoms with van der Waals surface area (Å²) in [6.45, 7) is 4.37. The average Bonchev–Trinajstić information content (AvgIpc) is 2.61. The first kappa shape index (κ1) is 11.1. The molecule has 0 aliphatic rings. The van der Waals surface area contributed by atoms with Crippen LogP contribution in [0.1, 0.15) is 17.0 Å². The Morgan fingerprint density at radius 3 is 2.69 bits per heavy atom. The number of nitrogens with two attached hydrogens (primary N) is 1. The van der Waals surface area contributed by atoms with E-state index < -0.39 is 0 Å². The molecular weight excluding hydrogens is 224 g/mol. The average molecular weight is 237 g/mol. The molecule has 0 unspecified atom stereocenters. The number of aryl methyl sites for hydroxylation is 1. The van der Waals surface area contributed by atoms with Gasteiger partial charge in [-0.1, -0.05) is 11.6 Å². The van der Waals surface area contributed by atoms with E-state index >= 15 is 0 Å². The minimum absolute atomic E-state index is 0.404. The molecule has 0 amide bonds. The van der Waals surface area contributed by atoms with E-state index in [1.807, 2.05) is 24.5 Å². The molecule has 5 heteroatoms. The second-order valence-corrected chi connectivity index (χ2v) is 4.03. The van der Waals surface area contributed by atoms with Gasteiger partial charge in [-0.25, -0.2) is 9.97 Å². The lowest BCUT2D eigenvalue weighted by molar-refractivity contribution is 0.936. The third kappa shape index (κ3) is 1.81. The predicted molar refractivity (Wildman–Crippen MR) is 63.7 cm³/mol. The van der Waals surface area contributed by atoms with Gasteiger partial charge in [-0.05, 0) is 25.5 Å². The first-order valence-corrected chi connectivity index (χ1v) is 5.36. The smallest absolute Gasteiger partial charge is 0.138 e. The quantitative estimate of drug-likeness (QED) is 0.868. The molecule has 0 bridgehead atoms. The van der Waals surface area contributed by atoms with Crippen LogP contribution in [0.4, 0.5) is 0 Å². The normalized spacial score (nSPS) is 10.8. The van der Waals surface area contributed by atoms with Gasteiger partial charge in [0.1, 0.15) is 12.1 Å². The van der Waals surface area contributed by atoms with E-state index in [9.17, 15) is 0 Å². The van der Waals surface area contributed by atoms with Crippen LogP contribution in [0, 0.1) is 13.8 Å². The van der Waals surface area contributed by atoms with Gasteiger partial charge in [0.15, 0.2) is 0 Å². The van der Waals surface area contributed by atoms with Gasteiger partial charge < -0.3 is 5.73 Å². The molecule has 84 valence electrons. The monoisotopic (exact) mass is 236 g/mol. The molecule has 0 aliphatic heterocycles. The first-order chi connectivity index (χ1) is 7.63. The summed E-state index contributed by atoms with van der Waals surface area (Å²) in [7, 11) is 0. The fraction of sp³-hybridized carbons (Fsp3) is 0.273. The molecule has 0 saturated carbocycles. The maximum absolute atomic E-state index is 5.96. The Bertz CT molecular complexity index is 519. The summed E-state index contributed by atoms with van der Waals surface area (Å²) < 4.78 is 1.92. The van der Waals surface area contributed by atoms with Crippen molar-refractivity contribution in [3.63, 3.8) is 0 Å². The summed E-state index contributed by atoms with van der Waals surface area (Å²) in [5.74, 6) is 0.794.